The molecular weight excluding hydrogens is 146 g/mol. The molecule has 1 N–H and O–H groups in total. The van der Waals surface area contributed by atoms with Crippen molar-refractivity contribution in [2.24, 2.45) is 0 Å². The molecule has 0 spiro atoms. The van der Waals surface area contributed by atoms with Crippen LogP contribution in [0.2, 0.25) is 0 Å². The Hall–Kier alpha value is 0.250. The zero-order valence-corrected chi connectivity index (χ0v) is 7.58. The van der Waals surface area contributed by atoms with E-state index in [2.05, 4.69) is 12.2 Å². The molecule has 10 heavy (non-hydrogen) atoms. The lowest BCUT2D eigenvalue weighted by Crippen LogP contribution is -2.13. The summed E-state index contributed by atoms with van der Waals surface area (Å²) < 4.78 is 0. The quantitative estimate of drug-likeness (QED) is 0.449. The Morgan fingerprint density at radius 1 is 1.10 bits per heavy atom. The molecule has 0 aromatic carbocycles. The summed E-state index contributed by atoms with van der Waals surface area (Å²) in [5, 5.41) is 3.29. The molecule has 0 fully saturated rings. The minimum absolute atomic E-state index is 0.821. The Balaban J connectivity index is 2.65. The van der Waals surface area contributed by atoms with Gasteiger partial charge >= 0.3 is 0 Å². The third-order valence-corrected chi connectivity index (χ3v) is 1.75. The van der Waals surface area contributed by atoms with Gasteiger partial charge in [0.15, 0.2) is 0 Å². The summed E-state index contributed by atoms with van der Waals surface area (Å²) in [5.74, 6) is 0.821. The van der Waals surface area contributed by atoms with Gasteiger partial charge in [-0.2, -0.15) is 0 Å². The van der Waals surface area contributed by atoms with E-state index in [1.165, 1.54) is 32.2 Å². The molecule has 0 aromatic rings. The Bertz CT molecular complexity index is 49.2. The minimum atomic E-state index is 0.821. The molecule has 0 aliphatic carbocycles. The fraction of sp³-hybridized carbons (Fsp3) is 1.00. The summed E-state index contributed by atoms with van der Waals surface area (Å²) in [7, 11) is 0. The van der Waals surface area contributed by atoms with Crippen molar-refractivity contribution in [3.63, 3.8) is 0 Å². The van der Waals surface area contributed by atoms with Gasteiger partial charge < -0.3 is 5.32 Å². The number of rotatable bonds is 7. The van der Waals surface area contributed by atoms with Crippen molar-refractivity contribution >= 4 is 11.6 Å². The van der Waals surface area contributed by atoms with Gasteiger partial charge in [-0.25, -0.2) is 0 Å². The highest BCUT2D eigenvalue weighted by molar-refractivity contribution is 6.17. The summed E-state index contributed by atoms with van der Waals surface area (Å²) in [4.78, 5) is 0. The lowest BCUT2D eigenvalue weighted by molar-refractivity contribution is 0.612. The van der Waals surface area contributed by atoms with E-state index in [0.717, 1.165) is 12.4 Å². The van der Waals surface area contributed by atoms with Crippen LogP contribution >= 0.6 is 11.6 Å². The normalized spacial score (nSPS) is 10.2. The van der Waals surface area contributed by atoms with Gasteiger partial charge in [-0.3, -0.25) is 0 Å². The van der Waals surface area contributed by atoms with Crippen LogP contribution < -0.4 is 5.32 Å². The van der Waals surface area contributed by atoms with E-state index in [-0.39, 0.29) is 0 Å². The van der Waals surface area contributed by atoms with Crippen molar-refractivity contribution in [1.29, 1.82) is 0 Å². The highest BCUT2D eigenvalue weighted by atomic mass is 35.5. The Labute approximate surface area is 69.1 Å². The van der Waals surface area contributed by atoms with Gasteiger partial charge in [0.05, 0.1) is 0 Å². The first-order valence-electron chi connectivity index (χ1n) is 4.18. The monoisotopic (exact) mass is 163 g/mol. The molecule has 0 bridgehead atoms. The van der Waals surface area contributed by atoms with E-state index in [9.17, 15) is 0 Å². The largest absolute Gasteiger partial charge is 0.317 e. The SMILES string of the molecule is CCNCCCCCCCl. The molecule has 62 valence electrons. The van der Waals surface area contributed by atoms with Crippen molar-refractivity contribution in [2.45, 2.75) is 32.6 Å². The van der Waals surface area contributed by atoms with Crippen LogP contribution in [-0.2, 0) is 0 Å². The summed E-state index contributed by atoms with van der Waals surface area (Å²) in [6.07, 6.45) is 5.08. The molecule has 0 radical (unpaired) electrons. The molecule has 0 unspecified atom stereocenters. The van der Waals surface area contributed by atoms with Crippen LogP contribution in [0.25, 0.3) is 0 Å². The molecule has 0 aliphatic rings. The third kappa shape index (κ3) is 8.25. The number of hydrogen-bond donors (Lipinski definition) is 1. The zero-order chi connectivity index (χ0) is 7.66. The molecule has 0 saturated heterocycles. The fourth-order valence-electron chi connectivity index (χ4n) is 0.875. The van der Waals surface area contributed by atoms with Gasteiger partial charge in [0.25, 0.3) is 0 Å². The molecule has 0 heterocycles. The molecule has 0 amide bonds. The van der Waals surface area contributed by atoms with Gasteiger partial charge in [0.1, 0.15) is 0 Å². The highest BCUT2D eigenvalue weighted by Crippen LogP contribution is 1.99. The second-order valence-electron chi connectivity index (χ2n) is 2.46. The second-order valence-corrected chi connectivity index (χ2v) is 2.83. The van der Waals surface area contributed by atoms with Crippen LogP contribution in [0.4, 0.5) is 0 Å². The maximum atomic E-state index is 5.53. The molecule has 2 heteroatoms. The number of halogens is 1. The van der Waals surface area contributed by atoms with Crippen molar-refractivity contribution in [3.05, 3.63) is 0 Å². The van der Waals surface area contributed by atoms with Crippen molar-refractivity contribution in [2.75, 3.05) is 19.0 Å². The summed E-state index contributed by atoms with van der Waals surface area (Å²) in [6, 6.07) is 0. The molecular formula is C8H18ClN. The average Bonchev–Trinajstić information content (AvgIpc) is 1.97. The van der Waals surface area contributed by atoms with Crippen LogP contribution in [0.3, 0.4) is 0 Å². The molecule has 0 rings (SSSR count). The summed E-state index contributed by atoms with van der Waals surface area (Å²) in [6.45, 7) is 4.40. The summed E-state index contributed by atoms with van der Waals surface area (Å²) >= 11 is 5.53. The predicted molar refractivity (Wildman–Crippen MR) is 47.7 cm³/mol. The third-order valence-electron chi connectivity index (χ3n) is 1.49. The van der Waals surface area contributed by atoms with E-state index >= 15 is 0 Å². The predicted octanol–water partition coefficient (Wildman–Crippen LogP) is 2.40. The standard InChI is InChI=1S/C8H18ClN/c1-2-10-8-6-4-3-5-7-9/h10H,2-8H2,1H3. The zero-order valence-electron chi connectivity index (χ0n) is 6.83. The highest BCUT2D eigenvalue weighted by Gasteiger charge is 1.87. The molecule has 0 aliphatic heterocycles. The lowest BCUT2D eigenvalue weighted by atomic mass is 10.2. The molecule has 0 aromatic heterocycles. The molecule has 0 atom stereocenters. The topological polar surface area (TPSA) is 12.0 Å². The molecule has 0 saturated carbocycles. The Morgan fingerprint density at radius 3 is 2.40 bits per heavy atom. The van der Waals surface area contributed by atoms with E-state index in [1.54, 1.807) is 0 Å². The van der Waals surface area contributed by atoms with Gasteiger partial charge in [-0.1, -0.05) is 19.8 Å². The number of unbranched alkanes of at least 4 members (excludes halogenated alkanes) is 3. The van der Waals surface area contributed by atoms with Gasteiger partial charge in [-0.05, 0) is 25.9 Å². The number of nitrogens with one attached hydrogen (secondary N) is 1. The van der Waals surface area contributed by atoms with Crippen molar-refractivity contribution < 1.29 is 0 Å². The average molecular weight is 164 g/mol. The van der Waals surface area contributed by atoms with Gasteiger partial charge in [0, 0.05) is 5.88 Å². The first kappa shape index (κ1) is 10.2. The Morgan fingerprint density at radius 2 is 1.80 bits per heavy atom. The Kier molecular flexibility index (Phi) is 9.48. The van der Waals surface area contributed by atoms with Crippen LogP contribution in [0.1, 0.15) is 32.6 Å². The van der Waals surface area contributed by atoms with Crippen molar-refractivity contribution in [3.8, 4) is 0 Å². The number of alkyl halides is 1. The van der Waals surface area contributed by atoms with E-state index < -0.39 is 0 Å². The van der Waals surface area contributed by atoms with E-state index in [1.807, 2.05) is 0 Å². The second kappa shape index (κ2) is 9.25. The van der Waals surface area contributed by atoms with Crippen LogP contribution in [0, 0.1) is 0 Å². The van der Waals surface area contributed by atoms with Gasteiger partial charge in [-0.15, -0.1) is 11.6 Å². The smallest absolute Gasteiger partial charge is 0.0223 e. The summed E-state index contributed by atoms with van der Waals surface area (Å²) in [5.41, 5.74) is 0. The molecule has 1 nitrogen and oxygen atoms in total. The number of hydrogen-bond acceptors (Lipinski definition) is 1. The van der Waals surface area contributed by atoms with Crippen LogP contribution in [0.15, 0.2) is 0 Å². The van der Waals surface area contributed by atoms with Crippen LogP contribution in [-0.4, -0.2) is 19.0 Å². The van der Waals surface area contributed by atoms with Crippen LogP contribution in [0.5, 0.6) is 0 Å². The van der Waals surface area contributed by atoms with E-state index in [4.69, 9.17) is 11.6 Å². The van der Waals surface area contributed by atoms with Gasteiger partial charge in [0.2, 0.25) is 0 Å². The maximum absolute atomic E-state index is 5.53. The minimum Gasteiger partial charge on any atom is -0.317 e. The first-order chi connectivity index (χ1) is 4.91. The van der Waals surface area contributed by atoms with Crippen molar-refractivity contribution in [1.82, 2.24) is 5.32 Å². The van der Waals surface area contributed by atoms with E-state index in [0.29, 0.717) is 0 Å². The first-order valence-corrected chi connectivity index (χ1v) is 4.72. The maximum Gasteiger partial charge on any atom is 0.0223 e. The lowest BCUT2D eigenvalue weighted by Gasteiger charge is -1.99. The fourth-order valence-corrected chi connectivity index (χ4v) is 1.06.